The van der Waals surface area contributed by atoms with Gasteiger partial charge in [-0.2, -0.15) is 4.31 Å². The molecule has 1 aromatic carbocycles. The van der Waals surface area contributed by atoms with Crippen LogP contribution < -0.4 is 0 Å². The molecule has 0 spiro atoms. The minimum atomic E-state index is -3.81. The largest absolute Gasteiger partial charge is 0.379 e. The van der Waals surface area contributed by atoms with Gasteiger partial charge in [-0.25, -0.2) is 12.8 Å². The number of ether oxygens (including phenoxy) is 1. The van der Waals surface area contributed by atoms with Gasteiger partial charge in [0.2, 0.25) is 10.0 Å². The number of thiophene rings is 1. The van der Waals surface area contributed by atoms with Gasteiger partial charge >= 0.3 is 0 Å². The Hall–Kier alpha value is -1.81. The van der Waals surface area contributed by atoms with E-state index in [2.05, 4.69) is 0 Å². The minimum absolute atomic E-state index is 0.0644. The summed E-state index contributed by atoms with van der Waals surface area (Å²) in [6, 6.07) is 5.36. The van der Waals surface area contributed by atoms with Crippen molar-refractivity contribution < 1.29 is 22.3 Å². The molecule has 0 saturated carbocycles. The van der Waals surface area contributed by atoms with E-state index in [1.165, 1.54) is 21.3 Å². The summed E-state index contributed by atoms with van der Waals surface area (Å²) in [6.45, 7) is 3.61. The maximum atomic E-state index is 14.6. The molecule has 29 heavy (non-hydrogen) atoms. The van der Waals surface area contributed by atoms with Gasteiger partial charge in [0.15, 0.2) is 0 Å². The maximum absolute atomic E-state index is 14.6. The average molecular weight is 439 g/mol. The molecular formula is C20H23FN2O4S2. The van der Waals surface area contributed by atoms with Crippen LogP contribution in [0.1, 0.15) is 40.2 Å². The smallest absolute Gasteiger partial charge is 0.257 e. The second-order valence-corrected chi connectivity index (χ2v) is 10.1. The number of hydrogen-bond donors (Lipinski definition) is 0. The number of carbonyl (C=O) groups is 1. The Bertz CT molecular complexity index is 1020. The number of benzene rings is 1. The summed E-state index contributed by atoms with van der Waals surface area (Å²) in [6.07, 6.45) is 1.44. The zero-order chi connectivity index (χ0) is 20.6. The molecule has 1 unspecified atom stereocenters. The zero-order valence-electron chi connectivity index (χ0n) is 16.1. The van der Waals surface area contributed by atoms with Gasteiger partial charge < -0.3 is 9.64 Å². The van der Waals surface area contributed by atoms with Crippen LogP contribution in [-0.4, -0.2) is 56.4 Å². The van der Waals surface area contributed by atoms with Gasteiger partial charge in [0.25, 0.3) is 5.91 Å². The van der Waals surface area contributed by atoms with E-state index in [0.717, 1.165) is 18.1 Å². The van der Waals surface area contributed by atoms with E-state index >= 15 is 0 Å². The first-order chi connectivity index (χ1) is 13.9. The summed E-state index contributed by atoms with van der Waals surface area (Å²) in [5.41, 5.74) is 0.908. The minimum Gasteiger partial charge on any atom is -0.379 e. The molecule has 2 aliphatic heterocycles. The predicted octanol–water partition coefficient (Wildman–Crippen LogP) is 3.06. The summed E-state index contributed by atoms with van der Waals surface area (Å²) < 4.78 is 47.0. The van der Waals surface area contributed by atoms with Crippen LogP contribution in [0.3, 0.4) is 0 Å². The fourth-order valence-electron chi connectivity index (χ4n) is 4.00. The van der Waals surface area contributed by atoms with Crippen molar-refractivity contribution in [1.29, 1.82) is 0 Å². The fraction of sp³-hybridized carbons (Fsp3) is 0.450. The van der Waals surface area contributed by atoms with Gasteiger partial charge in [-0.05, 0) is 48.1 Å². The van der Waals surface area contributed by atoms with Crippen LogP contribution >= 0.6 is 11.3 Å². The van der Waals surface area contributed by atoms with Crippen LogP contribution in [0.5, 0.6) is 0 Å². The van der Waals surface area contributed by atoms with E-state index in [0.29, 0.717) is 26.2 Å². The number of carbonyl (C=O) groups excluding carboxylic acids is 1. The lowest BCUT2D eigenvalue weighted by atomic mass is 9.97. The van der Waals surface area contributed by atoms with E-state index in [1.807, 2.05) is 18.4 Å². The molecule has 1 amide bonds. The number of nitrogens with zero attached hydrogens (tertiary/aromatic N) is 2. The third-order valence-electron chi connectivity index (χ3n) is 5.52. The highest BCUT2D eigenvalue weighted by atomic mass is 32.2. The predicted molar refractivity (Wildman–Crippen MR) is 108 cm³/mol. The number of sulfonamides is 1. The second-order valence-electron chi connectivity index (χ2n) is 7.13. The normalized spacial score (nSPS) is 20.5. The molecule has 2 aromatic rings. The lowest BCUT2D eigenvalue weighted by molar-refractivity contribution is 0.0652. The molecular weight excluding hydrogens is 415 g/mol. The Morgan fingerprint density at radius 3 is 2.72 bits per heavy atom. The number of morpholine rings is 1. The Morgan fingerprint density at radius 2 is 2.00 bits per heavy atom. The van der Waals surface area contributed by atoms with Crippen molar-refractivity contribution in [2.24, 2.45) is 0 Å². The van der Waals surface area contributed by atoms with Crippen LogP contribution in [0.4, 0.5) is 4.39 Å². The Kier molecular flexibility index (Phi) is 5.74. The van der Waals surface area contributed by atoms with Gasteiger partial charge in [-0.3, -0.25) is 4.79 Å². The van der Waals surface area contributed by atoms with Crippen molar-refractivity contribution in [3.63, 3.8) is 0 Å². The summed E-state index contributed by atoms with van der Waals surface area (Å²) in [5.74, 6) is -1.17. The molecule has 156 valence electrons. The number of amides is 1. The molecule has 0 bridgehead atoms. The summed E-state index contributed by atoms with van der Waals surface area (Å²) in [7, 11) is -3.81. The monoisotopic (exact) mass is 438 g/mol. The van der Waals surface area contributed by atoms with Crippen molar-refractivity contribution in [3.8, 4) is 0 Å². The van der Waals surface area contributed by atoms with E-state index < -0.39 is 21.7 Å². The zero-order valence-corrected chi connectivity index (χ0v) is 17.8. The quantitative estimate of drug-likeness (QED) is 0.736. The molecule has 0 N–H and O–H groups in total. The maximum Gasteiger partial charge on any atom is 0.257 e. The van der Waals surface area contributed by atoms with Gasteiger partial charge in [-0.15, -0.1) is 11.3 Å². The highest BCUT2D eigenvalue weighted by Crippen LogP contribution is 2.36. The van der Waals surface area contributed by atoms with E-state index in [4.69, 9.17) is 4.74 Å². The van der Waals surface area contributed by atoms with Crippen molar-refractivity contribution in [3.05, 3.63) is 51.5 Å². The van der Waals surface area contributed by atoms with E-state index in [1.54, 1.807) is 16.2 Å². The van der Waals surface area contributed by atoms with Crippen LogP contribution in [0, 0.1) is 5.82 Å². The molecule has 1 saturated heterocycles. The Balaban J connectivity index is 1.66. The van der Waals surface area contributed by atoms with Gasteiger partial charge in [0.1, 0.15) is 5.82 Å². The van der Waals surface area contributed by atoms with E-state index in [9.17, 15) is 17.6 Å². The highest BCUT2D eigenvalue weighted by molar-refractivity contribution is 7.89. The van der Waals surface area contributed by atoms with Crippen molar-refractivity contribution in [1.82, 2.24) is 9.21 Å². The average Bonchev–Trinajstić information content (AvgIpc) is 3.22. The standard InChI is InChI=1S/C20H23FN2O4S2/c1-2-18-15-6-12-28-19(15)5-7-23(18)20(24)16-13-14(3-4-17(16)21)29(25,26)22-8-10-27-11-9-22/h3-4,6,12-13,18H,2,5,7-11H2,1H3. The van der Waals surface area contributed by atoms with Crippen molar-refractivity contribution >= 4 is 27.3 Å². The number of hydrogen-bond acceptors (Lipinski definition) is 5. The third-order valence-corrected chi connectivity index (χ3v) is 8.41. The Labute approximate surface area is 173 Å². The summed E-state index contributed by atoms with van der Waals surface area (Å²) in [4.78, 5) is 16.1. The SMILES string of the molecule is CCC1c2ccsc2CCN1C(=O)c1cc(S(=O)(=O)N2CCOCC2)ccc1F. The lowest BCUT2D eigenvalue weighted by Crippen LogP contribution is -2.41. The molecule has 4 rings (SSSR count). The fourth-order valence-corrected chi connectivity index (χ4v) is 6.36. The number of rotatable bonds is 4. The molecule has 0 aliphatic carbocycles. The van der Waals surface area contributed by atoms with Crippen molar-refractivity contribution in [2.45, 2.75) is 30.7 Å². The first-order valence-electron chi connectivity index (χ1n) is 9.68. The highest BCUT2D eigenvalue weighted by Gasteiger charge is 2.33. The topological polar surface area (TPSA) is 66.9 Å². The molecule has 2 aliphatic rings. The molecule has 1 fully saturated rings. The number of fused-ring (bicyclic) bond motifs is 1. The van der Waals surface area contributed by atoms with Crippen LogP contribution in [-0.2, 0) is 21.2 Å². The molecule has 1 atom stereocenters. The summed E-state index contributed by atoms with van der Waals surface area (Å²) in [5, 5.41) is 2.01. The van der Waals surface area contributed by atoms with E-state index in [-0.39, 0.29) is 29.6 Å². The third kappa shape index (κ3) is 3.72. The molecule has 0 radical (unpaired) electrons. The molecule has 9 heteroatoms. The van der Waals surface area contributed by atoms with Crippen LogP contribution in [0.2, 0.25) is 0 Å². The first kappa shape index (κ1) is 20.5. The molecule has 6 nitrogen and oxygen atoms in total. The number of halogens is 1. The first-order valence-corrected chi connectivity index (χ1v) is 12.0. The van der Waals surface area contributed by atoms with Crippen LogP contribution in [0.15, 0.2) is 34.5 Å². The lowest BCUT2D eigenvalue weighted by Gasteiger charge is -2.35. The molecule has 1 aromatic heterocycles. The van der Waals surface area contributed by atoms with Gasteiger partial charge in [0, 0.05) is 24.5 Å². The van der Waals surface area contributed by atoms with Gasteiger partial charge in [-0.1, -0.05) is 6.92 Å². The van der Waals surface area contributed by atoms with Crippen molar-refractivity contribution in [2.75, 3.05) is 32.8 Å². The van der Waals surface area contributed by atoms with Crippen LogP contribution in [0.25, 0.3) is 0 Å². The molecule has 3 heterocycles. The second kappa shape index (κ2) is 8.14. The van der Waals surface area contributed by atoms with Gasteiger partial charge in [0.05, 0.1) is 29.7 Å². The summed E-state index contributed by atoms with van der Waals surface area (Å²) >= 11 is 1.67. The Morgan fingerprint density at radius 1 is 1.24 bits per heavy atom.